The van der Waals surface area contributed by atoms with E-state index in [0.717, 1.165) is 6.42 Å². The number of thiophene rings is 1. The van der Waals surface area contributed by atoms with Gasteiger partial charge in [0.2, 0.25) is 0 Å². The minimum absolute atomic E-state index is 0.222. The Labute approximate surface area is 161 Å². The van der Waals surface area contributed by atoms with Crippen LogP contribution in [0.1, 0.15) is 51.8 Å². The van der Waals surface area contributed by atoms with Crippen molar-refractivity contribution in [3.8, 4) is 0 Å². The Morgan fingerprint density at radius 1 is 1.48 bits per heavy atom. The molecule has 3 unspecified atom stereocenters. The van der Waals surface area contributed by atoms with Crippen LogP contribution >= 0.6 is 33.9 Å². The van der Waals surface area contributed by atoms with Crippen molar-refractivity contribution >= 4 is 42.2 Å². The summed E-state index contributed by atoms with van der Waals surface area (Å²) in [6, 6.07) is 4.53. The molecule has 0 bridgehead atoms. The van der Waals surface area contributed by atoms with E-state index in [1.54, 1.807) is 0 Å². The summed E-state index contributed by atoms with van der Waals surface area (Å²) in [5, 5.41) is 2.47. The van der Waals surface area contributed by atoms with Crippen molar-refractivity contribution in [3.05, 3.63) is 32.5 Å². The van der Waals surface area contributed by atoms with Crippen LogP contribution in [0.4, 0.5) is 0 Å². The van der Waals surface area contributed by atoms with Gasteiger partial charge in [0, 0.05) is 10.3 Å². The van der Waals surface area contributed by atoms with E-state index >= 15 is 0 Å². The molecule has 1 heterocycles. The highest BCUT2D eigenvalue weighted by Gasteiger charge is 2.54. The molecule has 0 aromatic carbocycles. The molecule has 1 aromatic heterocycles. The highest BCUT2D eigenvalue weighted by atomic mass is 127. The number of hydrogen-bond acceptors (Lipinski definition) is 2. The van der Waals surface area contributed by atoms with Gasteiger partial charge in [-0.05, 0) is 58.8 Å². The first-order valence-corrected chi connectivity index (χ1v) is 13.7. The summed E-state index contributed by atoms with van der Waals surface area (Å²) >= 11 is 4.24. The Bertz CT molecular complexity index is 532. The van der Waals surface area contributed by atoms with Crippen LogP contribution in [0.15, 0.2) is 27.7 Å². The average Bonchev–Trinajstić information content (AvgIpc) is 2.96. The van der Waals surface area contributed by atoms with Crippen LogP contribution in [0.2, 0.25) is 18.1 Å². The molecule has 1 aliphatic rings. The van der Waals surface area contributed by atoms with Crippen molar-refractivity contribution in [1.82, 2.24) is 0 Å². The number of halogens is 1. The minimum Gasteiger partial charge on any atom is -0.413 e. The molecular formula is C19H31IOSSi. The molecular weight excluding hydrogens is 431 g/mol. The Morgan fingerprint density at radius 3 is 2.57 bits per heavy atom. The van der Waals surface area contributed by atoms with E-state index in [0.29, 0.717) is 12.0 Å². The van der Waals surface area contributed by atoms with E-state index in [9.17, 15) is 0 Å². The zero-order valence-electron chi connectivity index (χ0n) is 15.4. The van der Waals surface area contributed by atoms with E-state index in [-0.39, 0.29) is 10.5 Å². The van der Waals surface area contributed by atoms with Crippen molar-refractivity contribution in [2.45, 2.75) is 76.6 Å². The molecule has 0 amide bonds. The van der Waals surface area contributed by atoms with Gasteiger partial charge in [0.05, 0.1) is 6.10 Å². The predicted molar refractivity (Wildman–Crippen MR) is 114 cm³/mol. The van der Waals surface area contributed by atoms with Crippen LogP contribution in [0.25, 0.3) is 0 Å². The van der Waals surface area contributed by atoms with Crippen molar-refractivity contribution in [1.29, 1.82) is 0 Å². The van der Waals surface area contributed by atoms with Gasteiger partial charge in [-0.2, -0.15) is 0 Å². The number of hydrogen-bond donors (Lipinski definition) is 0. The van der Waals surface area contributed by atoms with Gasteiger partial charge in [0.15, 0.2) is 8.32 Å². The Hall–Kier alpha value is 0.347. The predicted octanol–water partition coefficient (Wildman–Crippen LogP) is 7.15. The molecule has 1 aromatic rings. The maximum absolute atomic E-state index is 7.00. The smallest absolute Gasteiger partial charge is 0.192 e. The summed E-state index contributed by atoms with van der Waals surface area (Å²) in [5.74, 6) is 0.707. The average molecular weight is 463 g/mol. The summed E-state index contributed by atoms with van der Waals surface area (Å²) in [4.78, 5) is 1.53. The highest BCUT2D eigenvalue weighted by molar-refractivity contribution is 14.1. The lowest BCUT2D eigenvalue weighted by Crippen LogP contribution is -2.57. The zero-order valence-corrected chi connectivity index (χ0v) is 19.3. The van der Waals surface area contributed by atoms with Gasteiger partial charge < -0.3 is 4.43 Å². The maximum Gasteiger partial charge on any atom is 0.192 e. The normalized spacial score (nSPS) is 27.2. The summed E-state index contributed by atoms with van der Waals surface area (Å²) in [7, 11) is -1.78. The fraction of sp³-hybridized carbons (Fsp3) is 0.684. The van der Waals surface area contributed by atoms with Gasteiger partial charge >= 0.3 is 0 Å². The Balaban J connectivity index is 2.37. The number of rotatable bonds is 6. The molecule has 1 fully saturated rings. The van der Waals surface area contributed by atoms with E-state index in [1.807, 2.05) is 11.3 Å². The Kier molecular flexibility index (Phi) is 6.24. The molecule has 130 valence electrons. The van der Waals surface area contributed by atoms with Crippen LogP contribution in [0.3, 0.4) is 0 Å². The fourth-order valence-corrected chi connectivity index (χ4v) is 6.14. The Morgan fingerprint density at radius 2 is 2.17 bits per heavy atom. The molecule has 1 nitrogen and oxygen atoms in total. The van der Waals surface area contributed by atoms with Crippen LogP contribution in [-0.2, 0) is 9.84 Å². The van der Waals surface area contributed by atoms with Crippen LogP contribution in [0.5, 0.6) is 0 Å². The molecule has 0 radical (unpaired) electrons. The van der Waals surface area contributed by atoms with Gasteiger partial charge in [-0.1, -0.05) is 62.4 Å². The summed E-state index contributed by atoms with van der Waals surface area (Å²) in [6.07, 6.45) is 6.21. The first-order valence-electron chi connectivity index (χ1n) is 8.62. The second-order valence-electron chi connectivity index (χ2n) is 8.42. The van der Waals surface area contributed by atoms with Gasteiger partial charge in [-0.15, -0.1) is 11.3 Å². The van der Waals surface area contributed by atoms with Crippen molar-refractivity contribution in [3.63, 3.8) is 0 Å². The minimum atomic E-state index is -1.78. The van der Waals surface area contributed by atoms with E-state index < -0.39 is 8.32 Å². The lowest BCUT2D eigenvalue weighted by Gasteiger charge is -2.55. The molecule has 2 rings (SSSR count). The van der Waals surface area contributed by atoms with Crippen molar-refractivity contribution < 1.29 is 4.43 Å². The van der Waals surface area contributed by atoms with Gasteiger partial charge in [-0.25, -0.2) is 0 Å². The zero-order chi connectivity index (χ0) is 17.3. The molecule has 0 saturated heterocycles. The lowest BCUT2D eigenvalue weighted by molar-refractivity contribution is -0.00372. The summed E-state index contributed by atoms with van der Waals surface area (Å²) < 4.78 is 9.14. The highest BCUT2D eigenvalue weighted by Crippen LogP contribution is 2.55. The van der Waals surface area contributed by atoms with Gasteiger partial charge in [0.1, 0.15) is 0 Å². The summed E-state index contributed by atoms with van der Waals surface area (Å²) in [6.45, 7) is 14.2. The molecule has 0 N–H and O–H groups in total. The molecule has 0 aliphatic heterocycles. The van der Waals surface area contributed by atoms with Gasteiger partial charge in [0.25, 0.3) is 0 Å². The van der Waals surface area contributed by atoms with E-state index in [4.69, 9.17) is 4.43 Å². The van der Waals surface area contributed by atoms with E-state index in [2.05, 4.69) is 91.1 Å². The standard InChI is InChI=1S/C19H31IOSSi/c1-15-11-12-19(15,17-10-8-14-22-17)16(9-7-13-20)21-23(5,6)18(2,3)4/h7-8,10,13-16H,9,11-12H2,1-6H3/b13-7+. The quantitative estimate of drug-likeness (QED) is 0.322. The molecule has 1 saturated carbocycles. The third-order valence-corrected chi connectivity index (χ3v) is 12.2. The van der Waals surface area contributed by atoms with Gasteiger partial charge in [-0.3, -0.25) is 0 Å². The largest absolute Gasteiger partial charge is 0.413 e. The SMILES string of the molecule is CC1CCC1(c1cccs1)C(C/C=C/I)O[Si](C)(C)C(C)(C)C. The van der Waals surface area contributed by atoms with Crippen molar-refractivity contribution in [2.75, 3.05) is 0 Å². The topological polar surface area (TPSA) is 9.23 Å². The second kappa shape index (κ2) is 7.30. The summed E-state index contributed by atoms with van der Waals surface area (Å²) in [5.41, 5.74) is 0.222. The molecule has 4 heteroatoms. The van der Waals surface area contributed by atoms with Crippen LogP contribution in [0, 0.1) is 5.92 Å². The third-order valence-electron chi connectivity index (χ3n) is 6.11. The molecule has 23 heavy (non-hydrogen) atoms. The third kappa shape index (κ3) is 3.80. The first-order chi connectivity index (χ1) is 10.6. The fourth-order valence-electron chi connectivity index (χ4n) is 3.36. The van der Waals surface area contributed by atoms with Crippen LogP contribution in [-0.4, -0.2) is 14.4 Å². The monoisotopic (exact) mass is 462 g/mol. The van der Waals surface area contributed by atoms with Crippen molar-refractivity contribution in [2.24, 2.45) is 5.92 Å². The first kappa shape index (κ1) is 19.7. The molecule has 0 spiro atoms. The lowest BCUT2D eigenvalue weighted by atomic mass is 9.56. The maximum atomic E-state index is 7.00. The molecule has 1 aliphatic carbocycles. The molecule has 3 atom stereocenters. The van der Waals surface area contributed by atoms with E-state index in [1.165, 1.54) is 17.7 Å². The second-order valence-corrected chi connectivity index (χ2v) is 14.8. The van der Waals surface area contributed by atoms with Crippen LogP contribution < -0.4 is 0 Å².